The molecule has 4 nitrogen and oxygen atoms in total. The Kier molecular flexibility index (Phi) is 2.68. The summed E-state index contributed by atoms with van der Waals surface area (Å²) >= 11 is 3.02. The molecule has 0 aliphatic heterocycles. The van der Waals surface area contributed by atoms with Gasteiger partial charge in [-0.05, 0) is 28.1 Å². The van der Waals surface area contributed by atoms with Gasteiger partial charge in [-0.3, -0.25) is 0 Å². The number of sulfone groups is 1. The summed E-state index contributed by atoms with van der Waals surface area (Å²) in [5, 5.41) is 8.46. The van der Waals surface area contributed by atoms with E-state index < -0.39 is 9.84 Å². The average molecular weight is 261 g/mol. The maximum absolute atomic E-state index is 11.1. The van der Waals surface area contributed by atoms with Crippen molar-refractivity contribution in [1.82, 2.24) is 4.98 Å². The Balaban J connectivity index is 3.44. The Labute approximate surface area is 84.3 Å². The SMILES string of the molecule is CS(=O)(=O)c1cc(C#N)cc(Br)n1. The van der Waals surface area contributed by atoms with Crippen molar-refractivity contribution in [3.63, 3.8) is 0 Å². The van der Waals surface area contributed by atoms with Gasteiger partial charge in [-0.15, -0.1) is 0 Å². The van der Waals surface area contributed by atoms with Crippen molar-refractivity contribution in [2.45, 2.75) is 5.03 Å². The molecule has 0 radical (unpaired) electrons. The predicted molar refractivity (Wildman–Crippen MR) is 49.8 cm³/mol. The zero-order valence-corrected chi connectivity index (χ0v) is 9.05. The van der Waals surface area contributed by atoms with E-state index in [-0.39, 0.29) is 10.6 Å². The maximum atomic E-state index is 11.1. The molecule has 0 fully saturated rings. The number of rotatable bonds is 1. The fraction of sp³-hybridized carbons (Fsp3) is 0.143. The van der Waals surface area contributed by atoms with Crippen LogP contribution in [-0.2, 0) is 9.84 Å². The molecule has 1 aromatic heterocycles. The number of nitriles is 1. The predicted octanol–water partition coefficient (Wildman–Crippen LogP) is 1.12. The minimum absolute atomic E-state index is 0.0987. The first-order valence-electron chi connectivity index (χ1n) is 3.21. The largest absolute Gasteiger partial charge is 0.229 e. The van der Waals surface area contributed by atoms with Crippen molar-refractivity contribution >= 4 is 25.8 Å². The van der Waals surface area contributed by atoms with E-state index in [4.69, 9.17) is 5.26 Å². The van der Waals surface area contributed by atoms with Gasteiger partial charge in [-0.1, -0.05) is 0 Å². The fourth-order valence-electron chi connectivity index (χ4n) is 0.727. The number of hydrogen-bond acceptors (Lipinski definition) is 4. The second kappa shape index (κ2) is 3.44. The van der Waals surface area contributed by atoms with Gasteiger partial charge in [-0.2, -0.15) is 5.26 Å². The Hall–Kier alpha value is -0.930. The van der Waals surface area contributed by atoms with E-state index in [1.165, 1.54) is 12.1 Å². The molecule has 0 unspecified atom stereocenters. The first kappa shape index (κ1) is 10.2. The summed E-state index contributed by atoms with van der Waals surface area (Å²) in [5.41, 5.74) is 0.266. The van der Waals surface area contributed by atoms with Crippen LogP contribution in [-0.4, -0.2) is 19.7 Å². The van der Waals surface area contributed by atoms with Crippen molar-refractivity contribution in [1.29, 1.82) is 5.26 Å². The van der Waals surface area contributed by atoms with E-state index in [0.717, 1.165) is 6.26 Å². The lowest BCUT2D eigenvalue weighted by molar-refractivity contribution is 0.598. The topological polar surface area (TPSA) is 70.8 Å². The lowest BCUT2D eigenvalue weighted by Gasteiger charge is -1.98. The molecular formula is C7H5BrN2O2S. The van der Waals surface area contributed by atoms with E-state index in [0.29, 0.717) is 4.60 Å². The second-order valence-electron chi connectivity index (χ2n) is 2.40. The highest BCUT2D eigenvalue weighted by molar-refractivity contribution is 9.10. The molecule has 0 saturated heterocycles. The third kappa shape index (κ3) is 2.50. The summed E-state index contributed by atoms with van der Waals surface area (Å²) in [6.07, 6.45) is 1.04. The van der Waals surface area contributed by atoms with Gasteiger partial charge in [0, 0.05) is 6.26 Å². The van der Waals surface area contributed by atoms with E-state index in [9.17, 15) is 8.42 Å². The second-order valence-corrected chi connectivity index (χ2v) is 5.18. The maximum Gasteiger partial charge on any atom is 0.192 e. The summed E-state index contributed by atoms with van der Waals surface area (Å²) in [6.45, 7) is 0. The van der Waals surface area contributed by atoms with Crippen LogP contribution < -0.4 is 0 Å². The molecule has 0 saturated carbocycles. The highest BCUT2D eigenvalue weighted by Gasteiger charge is 2.10. The van der Waals surface area contributed by atoms with Crippen LogP contribution in [0, 0.1) is 11.3 Å². The number of halogens is 1. The molecule has 1 heterocycles. The normalized spacial score (nSPS) is 10.8. The first-order valence-corrected chi connectivity index (χ1v) is 5.89. The molecular weight excluding hydrogens is 256 g/mol. The zero-order chi connectivity index (χ0) is 10.1. The number of aromatic nitrogens is 1. The molecule has 0 aliphatic rings. The third-order valence-electron chi connectivity index (χ3n) is 1.28. The molecule has 0 spiro atoms. The molecule has 0 aromatic carbocycles. The van der Waals surface area contributed by atoms with Crippen LogP contribution in [0.4, 0.5) is 0 Å². The van der Waals surface area contributed by atoms with Gasteiger partial charge in [0.2, 0.25) is 0 Å². The van der Waals surface area contributed by atoms with Crippen LogP contribution in [0.15, 0.2) is 21.8 Å². The Morgan fingerprint density at radius 1 is 1.54 bits per heavy atom. The third-order valence-corrected chi connectivity index (χ3v) is 2.65. The van der Waals surface area contributed by atoms with Crippen molar-refractivity contribution in [3.05, 3.63) is 22.3 Å². The molecule has 0 amide bonds. The van der Waals surface area contributed by atoms with Crippen LogP contribution >= 0.6 is 15.9 Å². The fourth-order valence-corrected chi connectivity index (χ4v) is 1.89. The van der Waals surface area contributed by atoms with Gasteiger partial charge in [0.15, 0.2) is 14.9 Å². The molecule has 1 rings (SSSR count). The highest BCUT2D eigenvalue weighted by atomic mass is 79.9. The lowest BCUT2D eigenvalue weighted by atomic mass is 10.3. The van der Waals surface area contributed by atoms with Gasteiger partial charge >= 0.3 is 0 Å². The van der Waals surface area contributed by atoms with Crippen LogP contribution in [0.5, 0.6) is 0 Å². The molecule has 6 heteroatoms. The van der Waals surface area contributed by atoms with E-state index in [1.807, 2.05) is 6.07 Å². The summed E-state index contributed by atoms with van der Waals surface area (Å²) in [7, 11) is -3.35. The summed E-state index contributed by atoms with van der Waals surface area (Å²) in [5.74, 6) is 0. The minimum atomic E-state index is -3.35. The molecule has 13 heavy (non-hydrogen) atoms. The standard InChI is InChI=1S/C7H5BrN2O2S/c1-13(11,12)7-3-5(4-9)2-6(8)10-7/h2-3H,1H3. The molecule has 0 bridgehead atoms. The van der Waals surface area contributed by atoms with Crippen molar-refractivity contribution in [2.75, 3.05) is 6.26 Å². The number of hydrogen-bond donors (Lipinski definition) is 0. The lowest BCUT2D eigenvalue weighted by Crippen LogP contribution is -2.01. The van der Waals surface area contributed by atoms with Gasteiger partial charge in [0.1, 0.15) is 4.60 Å². The number of nitrogens with zero attached hydrogens (tertiary/aromatic N) is 2. The van der Waals surface area contributed by atoms with Gasteiger partial charge in [0.05, 0.1) is 11.6 Å². The molecule has 0 atom stereocenters. The number of pyridine rings is 1. The zero-order valence-electron chi connectivity index (χ0n) is 6.65. The minimum Gasteiger partial charge on any atom is -0.229 e. The van der Waals surface area contributed by atoms with Crippen LogP contribution in [0.3, 0.4) is 0 Å². The Morgan fingerprint density at radius 2 is 2.15 bits per heavy atom. The van der Waals surface area contributed by atoms with Crippen LogP contribution in [0.2, 0.25) is 0 Å². The summed E-state index contributed by atoms with van der Waals surface area (Å²) < 4.78 is 22.5. The van der Waals surface area contributed by atoms with Gasteiger partial charge in [0.25, 0.3) is 0 Å². The van der Waals surface area contributed by atoms with Crippen molar-refractivity contribution in [3.8, 4) is 6.07 Å². The van der Waals surface area contributed by atoms with Crippen molar-refractivity contribution in [2.24, 2.45) is 0 Å². The molecule has 0 aliphatic carbocycles. The molecule has 1 aromatic rings. The monoisotopic (exact) mass is 260 g/mol. The smallest absolute Gasteiger partial charge is 0.192 e. The van der Waals surface area contributed by atoms with Crippen LogP contribution in [0.1, 0.15) is 5.56 Å². The quantitative estimate of drug-likeness (QED) is 0.710. The van der Waals surface area contributed by atoms with Gasteiger partial charge in [-0.25, -0.2) is 13.4 Å². The summed E-state index contributed by atoms with van der Waals surface area (Å²) in [4.78, 5) is 3.73. The van der Waals surface area contributed by atoms with Crippen molar-refractivity contribution < 1.29 is 8.42 Å². The van der Waals surface area contributed by atoms with Gasteiger partial charge < -0.3 is 0 Å². The Bertz CT molecular complexity index is 476. The Morgan fingerprint density at radius 3 is 2.62 bits per heavy atom. The molecule has 68 valence electrons. The van der Waals surface area contributed by atoms with Crippen LogP contribution in [0.25, 0.3) is 0 Å². The van der Waals surface area contributed by atoms with E-state index >= 15 is 0 Å². The van der Waals surface area contributed by atoms with E-state index in [2.05, 4.69) is 20.9 Å². The average Bonchev–Trinajstić information content (AvgIpc) is 2.01. The first-order chi connectivity index (χ1) is 5.93. The molecule has 0 N–H and O–H groups in total. The van der Waals surface area contributed by atoms with E-state index in [1.54, 1.807) is 0 Å². The summed E-state index contributed by atoms with van der Waals surface area (Å²) in [6, 6.07) is 4.54. The highest BCUT2D eigenvalue weighted by Crippen LogP contribution is 2.14.